The first-order chi connectivity index (χ1) is 14.1. The number of hydrogen-bond acceptors (Lipinski definition) is 7. The van der Waals surface area contributed by atoms with Gasteiger partial charge in [0.1, 0.15) is 12.3 Å². The molecule has 1 amide bonds. The first kappa shape index (κ1) is 19.0. The minimum atomic E-state index is -0.445. The Morgan fingerprint density at radius 1 is 1.17 bits per heavy atom. The maximum absolute atomic E-state index is 12.8. The van der Waals surface area contributed by atoms with E-state index in [-0.39, 0.29) is 19.9 Å². The maximum atomic E-state index is 12.8. The number of methoxy groups -OCH3 is 1. The van der Waals surface area contributed by atoms with Gasteiger partial charge >= 0.3 is 5.97 Å². The molecular weight excluding hydrogens is 396 g/mol. The van der Waals surface area contributed by atoms with E-state index in [9.17, 15) is 9.59 Å². The summed E-state index contributed by atoms with van der Waals surface area (Å²) in [6.45, 7) is 2.10. The van der Waals surface area contributed by atoms with E-state index in [1.165, 1.54) is 11.3 Å². The van der Waals surface area contributed by atoms with Crippen LogP contribution in [0.4, 0.5) is 0 Å². The second kappa shape index (κ2) is 7.96. The van der Waals surface area contributed by atoms with Gasteiger partial charge in [-0.25, -0.2) is 0 Å². The highest BCUT2D eigenvalue weighted by molar-refractivity contribution is 7.16. The van der Waals surface area contributed by atoms with Crippen LogP contribution in [0.25, 0.3) is 10.2 Å². The number of nitrogens with zero attached hydrogens (tertiary/aromatic N) is 2. The number of esters is 1. The Balaban J connectivity index is 1.78. The zero-order valence-corrected chi connectivity index (χ0v) is 16.7. The van der Waals surface area contributed by atoms with E-state index >= 15 is 0 Å². The minimum absolute atomic E-state index is 0.0482. The summed E-state index contributed by atoms with van der Waals surface area (Å²) in [5.74, 6) is 0.925. The van der Waals surface area contributed by atoms with Crippen molar-refractivity contribution in [2.24, 2.45) is 4.99 Å². The zero-order valence-electron chi connectivity index (χ0n) is 15.8. The monoisotopic (exact) mass is 414 g/mol. The molecule has 2 heterocycles. The van der Waals surface area contributed by atoms with Crippen molar-refractivity contribution in [2.75, 3.05) is 20.5 Å². The second-order valence-corrected chi connectivity index (χ2v) is 7.10. The number of thiazole rings is 1. The molecule has 3 aromatic rings. The Labute approximate surface area is 169 Å². The lowest BCUT2D eigenvalue weighted by molar-refractivity contribution is -0.143. The number of hydrogen-bond donors (Lipinski definition) is 0. The third-order valence-electron chi connectivity index (χ3n) is 4.30. The lowest BCUT2D eigenvalue weighted by Crippen LogP contribution is -2.23. The van der Waals surface area contributed by atoms with Gasteiger partial charge in [-0.05, 0) is 43.3 Å². The van der Waals surface area contributed by atoms with Crippen LogP contribution in [0, 0.1) is 0 Å². The summed E-state index contributed by atoms with van der Waals surface area (Å²) in [5.41, 5.74) is 1.13. The van der Waals surface area contributed by atoms with Gasteiger partial charge in [0, 0.05) is 5.56 Å². The number of ether oxygens (including phenoxy) is 4. The van der Waals surface area contributed by atoms with E-state index in [1.54, 1.807) is 42.9 Å². The van der Waals surface area contributed by atoms with E-state index in [2.05, 4.69) is 4.99 Å². The quantitative estimate of drug-likeness (QED) is 0.597. The molecule has 9 heteroatoms. The highest BCUT2D eigenvalue weighted by atomic mass is 32.1. The smallest absolute Gasteiger partial charge is 0.326 e. The van der Waals surface area contributed by atoms with Crippen LogP contribution in [0.5, 0.6) is 17.2 Å². The molecule has 0 N–H and O–H groups in total. The molecule has 0 saturated carbocycles. The number of benzene rings is 2. The lowest BCUT2D eigenvalue weighted by Gasteiger charge is -2.05. The topological polar surface area (TPSA) is 88.4 Å². The van der Waals surface area contributed by atoms with E-state index < -0.39 is 11.9 Å². The molecule has 1 aliphatic rings. The van der Waals surface area contributed by atoms with Gasteiger partial charge in [-0.15, -0.1) is 0 Å². The summed E-state index contributed by atoms with van der Waals surface area (Å²) in [4.78, 5) is 29.5. The molecule has 0 fully saturated rings. The molecular formula is C20H18N2O6S. The maximum Gasteiger partial charge on any atom is 0.326 e. The molecule has 0 atom stereocenters. The van der Waals surface area contributed by atoms with Crippen molar-refractivity contribution in [3.63, 3.8) is 0 Å². The van der Waals surface area contributed by atoms with Gasteiger partial charge in [-0.1, -0.05) is 11.3 Å². The van der Waals surface area contributed by atoms with Crippen LogP contribution in [0.15, 0.2) is 41.4 Å². The second-order valence-electron chi connectivity index (χ2n) is 6.09. The Bertz CT molecular complexity index is 1160. The Morgan fingerprint density at radius 3 is 2.79 bits per heavy atom. The average molecular weight is 414 g/mol. The number of rotatable bonds is 5. The largest absolute Gasteiger partial charge is 0.497 e. The third kappa shape index (κ3) is 3.81. The predicted octanol–water partition coefficient (Wildman–Crippen LogP) is 2.74. The fraction of sp³-hybridized carbons (Fsp3) is 0.250. The number of aromatic nitrogens is 1. The van der Waals surface area contributed by atoms with Crippen molar-refractivity contribution < 1.29 is 28.5 Å². The Morgan fingerprint density at radius 2 is 2.00 bits per heavy atom. The molecule has 0 unspecified atom stereocenters. The molecule has 0 bridgehead atoms. The van der Waals surface area contributed by atoms with Gasteiger partial charge < -0.3 is 23.5 Å². The van der Waals surface area contributed by atoms with Gasteiger partial charge in [-0.2, -0.15) is 4.99 Å². The van der Waals surface area contributed by atoms with Crippen molar-refractivity contribution in [1.82, 2.24) is 4.57 Å². The molecule has 0 saturated heterocycles. The molecule has 150 valence electrons. The molecule has 0 radical (unpaired) electrons. The highest BCUT2D eigenvalue weighted by Crippen LogP contribution is 2.32. The Kier molecular flexibility index (Phi) is 5.22. The summed E-state index contributed by atoms with van der Waals surface area (Å²) >= 11 is 1.29. The van der Waals surface area contributed by atoms with Gasteiger partial charge in [-0.3, -0.25) is 9.59 Å². The van der Waals surface area contributed by atoms with Crippen molar-refractivity contribution in [3.05, 3.63) is 46.8 Å². The first-order valence-electron chi connectivity index (χ1n) is 8.90. The summed E-state index contributed by atoms with van der Waals surface area (Å²) in [6, 6.07) is 10.4. The summed E-state index contributed by atoms with van der Waals surface area (Å²) in [7, 11) is 1.58. The molecule has 29 heavy (non-hydrogen) atoms. The third-order valence-corrected chi connectivity index (χ3v) is 5.34. The standard InChI is InChI=1S/C20H18N2O6S/c1-3-26-18(23)10-22-14-6-5-13(25-2)9-17(14)29-20(22)21-19(24)12-4-7-15-16(8-12)28-11-27-15/h4-9H,3,10-11H2,1-2H3. The van der Waals surface area contributed by atoms with Crippen LogP contribution in [-0.2, 0) is 16.1 Å². The fourth-order valence-corrected chi connectivity index (χ4v) is 3.99. The van der Waals surface area contributed by atoms with Gasteiger partial charge in [0.25, 0.3) is 5.91 Å². The molecule has 0 aliphatic carbocycles. The first-order valence-corrected chi connectivity index (χ1v) is 9.72. The van der Waals surface area contributed by atoms with Gasteiger partial charge in [0.2, 0.25) is 6.79 Å². The van der Waals surface area contributed by atoms with Crippen LogP contribution >= 0.6 is 11.3 Å². The molecule has 8 nitrogen and oxygen atoms in total. The fourth-order valence-electron chi connectivity index (χ4n) is 2.94. The number of fused-ring (bicyclic) bond motifs is 2. The molecule has 1 aliphatic heterocycles. The van der Waals surface area contributed by atoms with Crippen molar-refractivity contribution in [1.29, 1.82) is 0 Å². The van der Waals surface area contributed by atoms with Crippen LogP contribution < -0.4 is 19.0 Å². The number of amides is 1. The van der Waals surface area contributed by atoms with Crippen LogP contribution in [0.2, 0.25) is 0 Å². The van der Waals surface area contributed by atoms with E-state index in [0.29, 0.717) is 27.6 Å². The van der Waals surface area contributed by atoms with Crippen LogP contribution in [0.3, 0.4) is 0 Å². The average Bonchev–Trinajstić information content (AvgIpc) is 3.31. The van der Waals surface area contributed by atoms with Crippen LogP contribution in [-0.4, -0.2) is 37.0 Å². The molecule has 4 rings (SSSR count). The van der Waals surface area contributed by atoms with E-state index in [1.807, 2.05) is 12.1 Å². The van der Waals surface area contributed by atoms with Crippen molar-refractivity contribution >= 4 is 33.4 Å². The molecule has 1 aromatic heterocycles. The highest BCUT2D eigenvalue weighted by Gasteiger charge is 2.17. The molecule has 2 aromatic carbocycles. The minimum Gasteiger partial charge on any atom is -0.497 e. The predicted molar refractivity (Wildman–Crippen MR) is 105 cm³/mol. The van der Waals surface area contributed by atoms with Gasteiger partial charge in [0.15, 0.2) is 16.3 Å². The van der Waals surface area contributed by atoms with E-state index in [0.717, 1.165) is 10.2 Å². The number of carbonyl (C=O) groups excluding carboxylic acids is 2. The number of carbonyl (C=O) groups is 2. The van der Waals surface area contributed by atoms with Crippen molar-refractivity contribution in [3.8, 4) is 17.2 Å². The van der Waals surface area contributed by atoms with Crippen LogP contribution in [0.1, 0.15) is 17.3 Å². The summed E-state index contributed by atoms with van der Waals surface area (Å²) < 4.78 is 23.4. The zero-order chi connectivity index (χ0) is 20.4. The van der Waals surface area contributed by atoms with Gasteiger partial charge in [0.05, 0.1) is 23.9 Å². The summed E-state index contributed by atoms with van der Waals surface area (Å²) in [6.07, 6.45) is 0. The Hall–Kier alpha value is -3.33. The SMILES string of the molecule is CCOC(=O)Cn1c(=NC(=O)c2ccc3c(c2)OCO3)sc2cc(OC)ccc21. The lowest BCUT2D eigenvalue weighted by atomic mass is 10.2. The van der Waals surface area contributed by atoms with Crippen molar-refractivity contribution in [2.45, 2.75) is 13.5 Å². The normalized spacial score (nSPS) is 13.0. The summed E-state index contributed by atoms with van der Waals surface area (Å²) in [5, 5.41) is 0. The van der Waals surface area contributed by atoms with E-state index in [4.69, 9.17) is 18.9 Å². The molecule has 0 spiro atoms.